The molecule has 0 aliphatic rings. The summed E-state index contributed by atoms with van der Waals surface area (Å²) in [6.07, 6.45) is 1.92. The van der Waals surface area contributed by atoms with Gasteiger partial charge >= 0.3 is 5.97 Å². The number of aliphatic carboxylic acids is 1. The minimum atomic E-state index is -1.32. The number of aryl methyl sites for hydroxylation is 2. The molecule has 0 radical (unpaired) electrons. The van der Waals surface area contributed by atoms with E-state index in [1.807, 2.05) is 66.7 Å². The Morgan fingerprint density at radius 3 is 1.77 bits per heavy atom. The largest absolute Gasteiger partial charge is 0.487 e. The van der Waals surface area contributed by atoms with Crippen molar-refractivity contribution in [1.82, 2.24) is 4.90 Å². The van der Waals surface area contributed by atoms with Crippen LogP contribution in [0.1, 0.15) is 114 Å². The molecule has 2 rings (SSSR count). The molecule has 40 heavy (non-hydrogen) atoms. The molecular weight excluding hydrogens is 502 g/mol. The number of carbonyl (C=O) groups excluding carboxylic acids is 1. The Bertz CT molecular complexity index is 1220. The molecule has 222 valence electrons. The van der Waals surface area contributed by atoms with Crippen molar-refractivity contribution in [3.8, 4) is 5.75 Å². The van der Waals surface area contributed by atoms with E-state index in [9.17, 15) is 19.8 Å². The highest BCUT2D eigenvalue weighted by Gasteiger charge is 2.45. The van der Waals surface area contributed by atoms with Gasteiger partial charge in [0.05, 0.1) is 0 Å². The number of ether oxygens (including phenoxy) is 1. The standard InChI is InChI=1S/C34H51NO5/c1-13-33(14-2,25-16-18-27(22(4)20-25)29(36)35(12)32(10,11)30(37)38)26-17-19-28(23(5)21-26)40-24(6)34(39,15-3)31(7,8)9/h16-21,24,39H,13-15H2,1-12H3,(H,37,38). The predicted molar refractivity (Wildman–Crippen MR) is 162 cm³/mol. The molecule has 0 aliphatic carbocycles. The van der Waals surface area contributed by atoms with Gasteiger partial charge in [0.2, 0.25) is 0 Å². The summed E-state index contributed by atoms with van der Waals surface area (Å²) < 4.78 is 6.36. The maximum atomic E-state index is 13.2. The third kappa shape index (κ3) is 5.93. The second-order valence-corrected chi connectivity index (χ2v) is 12.8. The van der Waals surface area contributed by atoms with Crippen LogP contribution in [0.4, 0.5) is 0 Å². The number of aliphatic hydroxyl groups is 1. The smallest absolute Gasteiger partial charge is 0.329 e. The Morgan fingerprint density at radius 1 is 0.875 bits per heavy atom. The molecule has 2 atom stereocenters. The topological polar surface area (TPSA) is 87.1 Å². The Kier molecular flexibility index (Phi) is 9.95. The van der Waals surface area contributed by atoms with Gasteiger partial charge in [0.15, 0.2) is 0 Å². The second-order valence-electron chi connectivity index (χ2n) is 12.8. The van der Waals surface area contributed by atoms with E-state index >= 15 is 0 Å². The summed E-state index contributed by atoms with van der Waals surface area (Å²) >= 11 is 0. The number of benzene rings is 2. The van der Waals surface area contributed by atoms with E-state index < -0.39 is 17.1 Å². The Morgan fingerprint density at radius 2 is 1.38 bits per heavy atom. The van der Waals surface area contributed by atoms with E-state index in [4.69, 9.17) is 4.74 Å². The summed E-state index contributed by atoms with van der Waals surface area (Å²) in [4.78, 5) is 26.2. The average Bonchev–Trinajstić information content (AvgIpc) is 2.88. The molecule has 0 saturated heterocycles. The van der Waals surface area contributed by atoms with Crippen molar-refractivity contribution >= 4 is 11.9 Å². The molecule has 6 nitrogen and oxygen atoms in total. The molecule has 6 heteroatoms. The van der Waals surface area contributed by atoms with Gasteiger partial charge in [-0.05, 0) is 93.7 Å². The Hall–Kier alpha value is -2.86. The molecule has 1 amide bonds. The maximum absolute atomic E-state index is 13.2. The van der Waals surface area contributed by atoms with Crippen LogP contribution in [-0.2, 0) is 10.2 Å². The van der Waals surface area contributed by atoms with Crippen LogP contribution in [0.15, 0.2) is 36.4 Å². The number of nitrogens with zero attached hydrogens (tertiary/aromatic N) is 1. The van der Waals surface area contributed by atoms with Gasteiger partial charge in [-0.25, -0.2) is 4.79 Å². The lowest BCUT2D eigenvalue weighted by Crippen LogP contribution is -2.53. The van der Waals surface area contributed by atoms with Crippen molar-refractivity contribution in [2.24, 2.45) is 5.41 Å². The summed E-state index contributed by atoms with van der Waals surface area (Å²) in [5.74, 6) is -0.609. The number of rotatable bonds is 11. The first kappa shape index (κ1) is 33.3. The van der Waals surface area contributed by atoms with E-state index in [2.05, 4.69) is 32.0 Å². The van der Waals surface area contributed by atoms with Crippen molar-refractivity contribution in [3.63, 3.8) is 0 Å². The molecular formula is C34H51NO5. The fourth-order valence-electron chi connectivity index (χ4n) is 5.81. The summed E-state index contributed by atoms with van der Waals surface area (Å²) in [6, 6.07) is 12.2. The van der Waals surface area contributed by atoms with E-state index in [0.29, 0.717) is 12.0 Å². The molecule has 0 heterocycles. The monoisotopic (exact) mass is 553 g/mol. The second kappa shape index (κ2) is 11.9. The van der Waals surface area contributed by atoms with E-state index in [1.54, 1.807) is 0 Å². The van der Waals surface area contributed by atoms with Gasteiger partial charge in [0.25, 0.3) is 5.91 Å². The quantitative estimate of drug-likeness (QED) is 0.305. The number of hydrogen-bond donors (Lipinski definition) is 2. The molecule has 0 saturated carbocycles. The van der Waals surface area contributed by atoms with Gasteiger partial charge in [-0.1, -0.05) is 65.8 Å². The van der Waals surface area contributed by atoms with Gasteiger partial charge in [0, 0.05) is 18.0 Å². The summed E-state index contributed by atoms with van der Waals surface area (Å²) in [7, 11) is 1.53. The lowest BCUT2D eigenvalue weighted by Gasteiger charge is -2.44. The molecule has 2 aromatic rings. The fourth-order valence-corrected chi connectivity index (χ4v) is 5.81. The lowest BCUT2D eigenvalue weighted by molar-refractivity contribution is -0.147. The van der Waals surface area contributed by atoms with E-state index in [0.717, 1.165) is 35.3 Å². The van der Waals surface area contributed by atoms with E-state index in [-0.39, 0.29) is 22.8 Å². The number of carboxylic acid groups (broad SMARTS) is 1. The molecule has 0 bridgehead atoms. The third-order valence-corrected chi connectivity index (χ3v) is 9.42. The van der Waals surface area contributed by atoms with Gasteiger partial charge in [-0.3, -0.25) is 4.79 Å². The van der Waals surface area contributed by atoms with Crippen LogP contribution >= 0.6 is 0 Å². The molecule has 0 aliphatic heterocycles. The SMILES string of the molecule is CCC(CC)(c1ccc(OC(C)C(O)(CC)C(C)(C)C)c(C)c1)c1ccc(C(=O)N(C)C(C)(C)C(=O)O)c(C)c1. The molecule has 0 fully saturated rings. The van der Waals surface area contributed by atoms with Crippen LogP contribution in [0.3, 0.4) is 0 Å². The third-order valence-electron chi connectivity index (χ3n) is 9.42. The number of carbonyl (C=O) groups is 2. The molecule has 2 aromatic carbocycles. The van der Waals surface area contributed by atoms with Crippen LogP contribution in [0.5, 0.6) is 5.75 Å². The van der Waals surface area contributed by atoms with Gasteiger partial charge in [-0.15, -0.1) is 0 Å². The van der Waals surface area contributed by atoms with Gasteiger partial charge < -0.3 is 19.8 Å². The summed E-state index contributed by atoms with van der Waals surface area (Å²) in [6.45, 7) is 21.4. The van der Waals surface area contributed by atoms with Crippen molar-refractivity contribution < 1.29 is 24.5 Å². The maximum Gasteiger partial charge on any atom is 0.329 e. The first-order valence-corrected chi connectivity index (χ1v) is 14.5. The van der Waals surface area contributed by atoms with Crippen molar-refractivity contribution in [3.05, 3.63) is 64.2 Å². The van der Waals surface area contributed by atoms with Crippen LogP contribution in [0, 0.1) is 19.3 Å². The Labute approximate surface area is 241 Å². The number of carboxylic acids is 1. The zero-order chi connectivity index (χ0) is 30.8. The zero-order valence-electron chi connectivity index (χ0n) is 26.7. The summed E-state index contributed by atoms with van der Waals surface area (Å²) in [5, 5.41) is 21.0. The minimum absolute atomic E-state index is 0.275. The average molecular weight is 554 g/mol. The van der Waals surface area contributed by atoms with Crippen LogP contribution in [-0.4, -0.2) is 51.3 Å². The predicted octanol–water partition coefficient (Wildman–Crippen LogP) is 7.30. The van der Waals surface area contributed by atoms with Crippen molar-refractivity contribution in [1.29, 1.82) is 0 Å². The molecule has 2 N–H and O–H groups in total. The highest BCUT2D eigenvalue weighted by molar-refractivity contribution is 5.98. The highest BCUT2D eigenvalue weighted by atomic mass is 16.5. The first-order chi connectivity index (χ1) is 18.3. The Balaban J connectivity index is 2.48. The van der Waals surface area contributed by atoms with Crippen LogP contribution in [0.25, 0.3) is 0 Å². The molecule has 0 aromatic heterocycles. The lowest BCUT2D eigenvalue weighted by atomic mass is 9.69. The number of amides is 1. The fraction of sp³-hybridized carbons (Fsp3) is 0.588. The van der Waals surface area contributed by atoms with Crippen molar-refractivity contribution in [2.45, 2.75) is 118 Å². The minimum Gasteiger partial charge on any atom is -0.487 e. The zero-order valence-corrected chi connectivity index (χ0v) is 26.7. The van der Waals surface area contributed by atoms with E-state index in [1.165, 1.54) is 31.4 Å². The van der Waals surface area contributed by atoms with Gasteiger partial charge in [-0.2, -0.15) is 0 Å². The molecule has 0 spiro atoms. The van der Waals surface area contributed by atoms with Gasteiger partial charge in [0.1, 0.15) is 23.0 Å². The number of hydrogen-bond acceptors (Lipinski definition) is 4. The normalized spacial score (nSPS) is 14.8. The molecule has 2 unspecified atom stereocenters. The first-order valence-electron chi connectivity index (χ1n) is 14.5. The van der Waals surface area contributed by atoms with Crippen molar-refractivity contribution in [2.75, 3.05) is 7.05 Å². The number of likely N-dealkylation sites (N-methyl/N-ethyl adjacent to an activating group) is 1. The van der Waals surface area contributed by atoms with Crippen LogP contribution in [0.2, 0.25) is 0 Å². The summed E-state index contributed by atoms with van der Waals surface area (Å²) in [5.41, 5.74) is 1.69. The van der Waals surface area contributed by atoms with Crippen LogP contribution < -0.4 is 4.74 Å². The highest BCUT2D eigenvalue weighted by Crippen LogP contribution is 2.42.